The number of hydrogen-bond acceptors (Lipinski definition) is 7. The SMILES string of the molecule is Cc1c(-c2ccc(OCCc3cccnc3)c(F)c2)c2c(N)nc(Cl)nc2n1C1CCCC(/C=C/S(=O)(=O)c2ccccc2)C1. The number of fused-ring (bicyclic) bond motifs is 1. The zero-order valence-electron chi connectivity index (χ0n) is 24.7. The molecule has 2 aromatic carbocycles. The second-order valence-corrected chi connectivity index (χ2v) is 13.5. The number of pyridine rings is 1. The summed E-state index contributed by atoms with van der Waals surface area (Å²) in [6.45, 7) is 2.27. The van der Waals surface area contributed by atoms with Crippen molar-refractivity contribution < 1.29 is 17.5 Å². The Kier molecular flexibility index (Phi) is 8.87. The first kappa shape index (κ1) is 30.7. The van der Waals surface area contributed by atoms with Crippen LogP contribution in [0.1, 0.15) is 43.0 Å². The lowest BCUT2D eigenvalue weighted by atomic mass is 9.85. The van der Waals surface area contributed by atoms with Crippen molar-refractivity contribution in [3.05, 3.63) is 107 Å². The molecule has 0 saturated heterocycles. The van der Waals surface area contributed by atoms with Gasteiger partial charge in [-0.15, -0.1) is 0 Å². The minimum Gasteiger partial charge on any atom is -0.490 e. The van der Waals surface area contributed by atoms with Crippen molar-refractivity contribution in [2.45, 2.75) is 50.0 Å². The molecular weight excluding hydrogens is 613 g/mol. The van der Waals surface area contributed by atoms with Crippen LogP contribution in [0, 0.1) is 18.7 Å². The van der Waals surface area contributed by atoms with Crippen molar-refractivity contribution in [2.75, 3.05) is 12.3 Å². The first-order valence-corrected chi connectivity index (χ1v) is 16.8. The Hall–Kier alpha value is -4.28. The number of rotatable bonds is 9. The lowest BCUT2D eigenvalue weighted by molar-refractivity contribution is 0.305. The fourth-order valence-electron chi connectivity index (χ4n) is 6.22. The van der Waals surface area contributed by atoms with Crippen LogP contribution in [0.3, 0.4) is 0 Å². The molecule has 2 unspecified atom stereocenters. The maximum atomic E-state index is 15.4. The summed E-state index contributed by atoms with van der Waals surface area (Å²) < 4.78 is 49.0. The number of hydrogen-bond donors (Lipinski definition) is 1. The molecule has 2 N–H and O–H groups in total. The molecule has 2 atom stereocenters. The molecule has 0 amide bonds. The van der Waals surface area contributed by atoms with E-state index >= 15 is 4.39 Å². The molecule has 1 fully saturated rings. The molecular formula is C34H33ClFN5O3S. The molecule has 0 bridgehead atoms. The summed E-state index contributed by atoms with van der Waals surface area (Å²) in [5, 5.41) is 1.95. The fourth-order valence-corrected chi connectivity index (χ4v) is 7.52. The molecule has 6 rings (SSSR count). The highest BCUT2D eigenvalue weighted by Gasteiger charge is 2.29. The highest BCUT2D eigenvalue weighted by atomic mass is 35.5. The first-order valence-electron chi connectivity index (χ1n) is 14.8. The van der Waals surface area contributed by atoms with Gasteiger partial charge >= 0.3 is 0 Å². The van der Waals surface area contributed by atoms with E-state index in [0.29, 0.717) is 36.0 Å². The third-order valence-corrected chi connectivity index (χ3v) is 9.95. The number of sulfone groups is 1. The van der Waals surface area contributed by atoms with Crippen LogP contribution in [0.25, 0.3) is 22.2 Å². The van der Waals surface area contributed by atoms with E-state index in [1.54, 1.807) is 54.9 Å². The number of nitrogens with two attached hydrogens (primary N) is 1. The highest BCUT2D eigenvalue weighted by Crippen LogP contribution is 2.43. The lowest BCUT2D eigenvalue weighted by Crippen LogP contribution is -2.19. The third-order valence-electron chi connectivity index (χ3n) is 8.34. The minimum atomic E-state index is -3.55. The zero-order chi connectivity index (χ0) is 31.6. The Morgan fingerprint density at radius 2 is 1.93 bits per heavy atom. The van der Waals surface area contributed by atoms with Gasteiger partial charge in [0.25, 0.3) is 0 Å². The van der Waals surface area contributed by atoms with Crippen molar-refractivity contribution in [1.29, 1.82) is 0 Å². The Morgan fingerprint density at radius 3 is 2.69 bits per heavy atom. The molecule has 1 aliphatic rings. The van der Waals surface area contributed by atoms with E-state index < -0.39 is 15.7 Å². The minimum absolute atomic E-state index is 0.00521. The number of ether oxygens (including phenoxy) is 1. The van der Waals surface area contributed by atoms with Crippen LogP contribution >= 0.6 is 11.6 Å². The number of nitrogen functional groups attached to an aromatic ring is 1. The van der Waals surface area contributed by atoms with Gasteiger partial charge in [-0.25, -0.2) is 17.8 Å². The van der Waals surface area contributed by atoms with Crippen LogP contribution in [0.4, 0.5) is 10.2 Å². The smallest absolute Gasteiger partial charge is 0.226 e. The van der Waals surface area contributed by atoms with Crippen molar-refractivity contribution in [3.8, 4) is 16.9 Å². The monoisotopic (exact) mass is 645 g/mol. The Morgan fingerprint density at radius 1 is 1.11 bits per heavy atom. The summed E-state index contributed by atoms with van der Waals surface area (Å²) in [5.74, 6) is -0.0865. The van der Waals surface area contributed by atoms with E-state index in [1.165, 1.54) is 11.5 Å². The van der Waals surface area contributed by atoms with Gasteiger partial charge < -0.3 is 15.0 Å². The summed E-state index contributed by atoms with van der Waals surface area (Å²) in [4.78, 5) is 13.2. The van der Waals surface area contributed by atoms with E-state index in [9.17, 15) is 8.42 Å². The van der Waals surface area contributed by atoms with Gasteiger partial charge in [-0.3, -0.25) is 4.98 Å². The van der Waals surface area contributed by atoms with Gasteiger partial charge in [0.05, 0.1) is 16.9 Å². The third kappa shape index (κ3) is 6.57. The van der Waals surface area contributed by atoms with Crippen LogP contribution in [0.2, 0.25) is 5.28 Å². The van der Waals surface area contributed by atoms with Crippen LogP contribution < -0.4 is 10.5 Å². The molecule has 3 heterocycles. The van der Waals surface area contributed by atoms with Crippen molar-refractivity contribution in [2.24, 2.45) is 5.92 Å². The van der Waals surface area contributed by atoms with Crippen LogP contribution in [0.15, 0.2) is 89.4 Å². The average molecular weight is 646 g/mol. The van der Waals surface area contributed by atoms with Gasteiger partial charge in [0, 0.05) is 41.5 Å². The molecule has 232 valence electrons. The number of anilines is 1. The van der Waals surface area contributed by atoms with Crippen molar-refractivity contribution >= 4 is 38.3 Å². The molecule has 0 radical (unpaired) electrons. The number of halogens is 2. The predicted molar refractivity (Wildman–Crippen MR) is 174 cm³/mol. The van der Waals surface area contributed by atoms with Crippen molar-refractivity contribution in [3.63, 3.8) is 0 Å². The molecule has 8 nitrogen and oxygen atoms in total. The maximum Gasteiger partial charge on any atom is 0.226 e. The molecule has 1 saturated carbocycles. The van der Waals surface area contributed by atoms with Gasteiger partial charge in [0.2, 0.25) is 5.28 Å². The maximum absolute atomic E-state index is 15.4. The first-order chi connectivity index (χ1) is 21.7. The Bertz CT molecular complexity index is 1970. The van der Waals surface area contributed by atoms with Gasteiger partial charge in [0.1, 0.15) is 11.5 Å². The quantitative estimate of drug-likeness (QED) is 0.165. The number of benzene rings is 2. The van der Waals surface area contributed by atoms with Gasteiger partial charge in [-0.2, -0.15) is 4.98 Å². The standard InChI is InChI=1S/C34H33ClFN5O3S/c1-22-30(25-12-13-29(28(36)20-25)44-17-14-24-8-6-16-38-21-24)31-32(37)39-34(35)40-33(31)41(22)26-9-5-7-23(19-26)15-18-45(42,43)27-10-3-2-4-11-27/h2-4,6,8,10-13,15-16,18,20-21,23,26H,5,7,9,14,17,19H2,1H3,(H2,37,39,40)/b18-15+. The summed E-state index contributed by atoms with van der Waals surface area (Å²) in [5.41, 5.74) is 10.2. The predicted octanol–water partition coefficient (Wildman–Crippen LogP) is 7.52. The second-order valence-electron chi connectivity index (χ2n) is 11.3. The van der Waals surface area contributed by atoms with E-state index in [4.69, 9.17) is 22.1 Å². The fraction of sp³-hybridized carbons (Fsp3) is 0.265. The molecule has 0 aliphatic heterocycles. The highest BCUT2D eigenvalue weighted by molar-refractivity contribution is 7.94. The van der Waals surface area contributed by atoms with Gasteiger partial charge in [-0.05, 0) is 85.2 Å². The van der Waals surface area contributed by atoms with E-state index in [1.807, 2.05) is 25.1 Å². The number of nitrogens with zero attached hydrogens (tertiary/aromatic N) is 4. The molecule has 1 aliphatic carbocycles. The Labute approximate surface area is 266 Å². The summed E-state index contributed by atoms with van der Waals surface area (Å²) in [6, 6.07) is 17.1. The molecule has 11 heteroatoms. The molecule has 45 heavy (non-hydrogen) atoms. The number of aromatic nitrogens is 4. The lowest BCUT2D eigenvalue weighted by Gasteiger charge is -2.30. The van der Waals surface area contributed by atoms with Gasteiger partial charge in [0.15, 0.2) is 21.4 Å². The second kappa shape index (κ2) is 13.0. The normalized spacial score (nSPS) is 17.2. The van der Waals surface area contributed by atoms with E-state index in [-0.39, 0.29) is 33.7 Å². The topological polar surface area (TPSA) is 113 Å². The van der Waals surface area contributed by atoms with Gasteiger partial charge in [-0.1, -0.05) is 42.8 Å². The van der Waals surface area contributed by atoms with E-state index in [0.717, 1.165) is 36.1 Å². The summed E-state index contributed by atoms with van der Waals surface area (Å²) in [7, 11) is -3.55. The largest absolute Gasteiger partial charge is 0.490 e. The summed E-state index contributed by atoms with van der Waals surface area (Å²) in [6.07, 6.45) is 9.20. The summed E-state index contributed by atoms with van der Waals surface area (Å²) >= 11 is 6.29. The molecule has 0 spiro atoms. The van der Waals surface area contributed by atoms with Crippen LogP contribution in [0.5, 0.6) is 5.75 Å². The van der Waals surface area contributed by atoms with Crippen LogP contribution in [-0.2, 0) is 16.3 Å². The molecule has 5 aromatic rings. The molecule has 3 aromatic heterocycles. The number of allylic oxidation sites excluding steroid dienone is 1. The van der Waals surface area contributed by atoms with E-state index in [2.05, 4.69) is 19.5 Å². The van der Waals surface area contributed by atoms with Crippen LogP contribution in [-0.4, -0.2) is 34.5 Å². The average Bonchev–Trinajstić information content (AvgIpc) is 3.33. The van der Waals surface area contributed by atoms with Crippen molar-refractivity contribution in [1.82, 2.24) is 19.5 Å². The zero-order valence-corrected chi connectivity index (χ0v) is 26.3. The Balaban J connectivity index is 1.30.